The van der Waals surface area contributed by atoms with Gasteiger partial charge in [-0.15, -0.1) is 0 Å². The van der Waals surface area contributed by atoms with Crippen LogP contribution >= 0.6 is 0 Å². The molecular weight excluding hydrogens is 359 g/mol. The minimum absolute atomic E-state index is 0.141. The number of ketones is 1. The maximum Gasteiger partial charge on any atom is 0.346 e. The van der Waals surface area contributed by atoms with Crippen LogP contribution in [0.1, 0.15) is 26.3 Å². The summed E-state index contributed by atoms with van der Waals surface area (Å²) in [6, 6.07) is 19.0. The van der Waals surface area contributed by atoms with Crippen molar-refractivity contribution < 1.29 is 23.5 Å². The van der Waals surface area contributed by atoms with Crippen molar-refractivity contribution in [2.24, 2.45) is 0 Å². The number of halogens is 1. The van der Waals surface area contributed by atoms with Crippen LogP contribution in [0.25, 0.3) is 6.08 Å². The molecule has 0 saturated heterocycles. The van der Waals surface area contributed by atoms with Crippen molar-refractivity contribution in [1.29, 1.82) is 0 Å². The zero-order valence-electron chi connectivity index (χ0n) is 15.1. The first-order chi connectivity index (χ1) is 13.6. The third-order valence-electron chi connectivity index (χ3n) is 3.96. The molecule has 0 unspecified atom stereocenters. The van der Waals surface area contributed by atoms with E-state index < -0.39 is 11.8 Å². The largest absolute Gasteiger partial charge is 0.497 e. The molecule has 4 nitrogen and oxygen atoms in total. The molecule has 3 aromatic carbocycles. The molecule has 0 radical (unpaired) electrons. The highest BCUT2D eigenvalue weighted by atomic mass is 19.1. The second kappa shape index (κ2) is 8.77. The number of esters is 1. The van der Waals surface area contributed by atoms with Crippen LogP contribution in [-0.2, 0) is 0 Å². The number of allylic oxidation sites excluding steroid dienone is 1. The molecule has 3 rings (SSSR count). The van der Waals surface area contributed by atoms with Gasteiger partial charge in [0.05, 0.1) is 12.7 Å². The number of carbonyl (C=O) groups is 2. The van der Waals surface area contributed by atoms with Crippen LogP contribution in [-0.4, -0.2) is 18.9 Å². The Morgan fingerprint density at radius 3 is 2.36 bits per heavy atom. The molecule has 0 aromatic heterocycles. The van der Waals surface area contributed by atoms with Gasteiger partial charge in [-0.25, -0.2) is 9.18 Å². The minimum atomic E-state index is -0.784. The molecule has 0 bridgehead atoms. The fraction of sp³-hybridized carbons (Fsp3) is 0.0435. The van der Waals surface area contributed by atoms with E-state index in [1.54, 1.807) is 67.8 Å². The molecule has 0 spiro atoms. The highest BCUT2D eigenvalue weighted by Gasteiger charge is 2.13. The molecule has 0 heterocycles. The van der Waals surface area contributed by atoms with Crippen molar-refractivity contribution in [3.8, 4) is 11.5 Å². The minimum Gasteiger partial charge on any atom is -0.497 e. The number of carbonyl (C=O) groups excluding carboxylic acids is 2. The molecule has 0 saturated carbocycles. The molecule has 28 heavy (non-hydrogen) atoms. The summed E-state index contributed by atoms with van der Waals surface area (Å²) in [7, 11) is 1.56. The number of methoxy groups -OCH3 is 1. The van der Waals surface area contributed by atoms with E-state index in [-0.39, 0.29) is 17.1 Å². The zero-order chi connectivity index (χ0) is 19.9. The Balaban J connectivity index is 1.70. The van der Waals surface area contributed by atoms with Gasteiger partial charge in [0.1, 0.15) is 17.3 Å². The molecule has 3 aromatic rings. The van der Waals surface area contributed by atoms with E-state index in [0.717, 1.165) is 0 Å². The standard InChI is InChI=1S/C23H17FO4/c1-27-18-12-10-17(11-13-18)22(25)14-9-16-5-4-6-19(15-16)28-23(26)20-7-2-3-8-21(20)24/h2-15H,1H3/b14-9+. The Morgan fingerprint density at radius 1 is 0.893 bits per heavy atom. The van der Waals surface area contributed by atoms with Crippen molar-refractivity contribution in [3.05, 3.63) is 101 Å². The summed E-state index contributed by atoms with van der Waals surface area (Å²) in [5.74, 6) is -0.671. The topological polar surface area (TPSA) is 52.6 Å². The first-order valence-electron chi connectivity index (χ1n) is 8.50. The summed E-state index contributed by atoms with van der Waals surface area (Å²) in [5, 5.41) is 0. The Bertz CT molecular complexity index is 1020. The molecule has 0 fully saturated rings. The van der Waals surface area contributed by atoms with Crippen molar-refractivity contribution in [2.75, 3.05) is 7.11 Å². The first kappa shape index (κ1) is 19.0. The Labute approximate surface area is 161 Å². The van der Waals surface area contributed by atoms with Gasteiger partial charge >= 0.3 is 5.97 Å². The van der Waals surface area contributed by atoms with Gasteiger partial charge < -0.3 is 9.47 Å². The predicted molar refractivity (Wildman–Crippen MR) is 104 cm³/mol. The van der Waals surface area contributed by atoms with Gasteiger partial charge in [-0.1, -0.05) is 30.3 Å². The number of ether oxygens (including phenoxy) is 2. The van der Waals surface area contributed by atoms with Crippen LogP contribution in [0.4, 0.5) is 4.39 Å². The monoisotopic (exact) mass is 376 g/mol. The van der Waals surface area contributed by atoms with Gasteiger partial charge in [0.25, 0.3) is 0 Å². The Hall–Kier alpha value is -3.73. The maximum atomic E-state index is 13.7. The lowest BCUT2D eigenvalue weighted by Gasteiger charge is -2.06. The van der Waals surface area contributed by atoms with Gasteiger partial charge in [-0.3, -0.25) is 4.79 Å². The van der Waals surface area contributed by atoms with E-state index in [9.17, 15) is 14.0 Å². The molecule has 0 atom stereocenters. The lowest BCUT2D eigenvalue weighted by atomic mass is 10.1. The number of rotatable bonds is 6. The highest BCUT2D eigenvalue weighted by molar-refractivity contribution is 6.06. The third kappa shape index (κ3) is 4.71. The van der Waals surface area contributed by atoms with E-state index in [4.69, 9.17) is 9.47 Å². The Kier molecular flexibility index (Phi) is 5.97. The summed E-state index contributed by atoms with van der Waals surface area (Å²) < 4.78 is 24.0. The van der Waals surface area contributed by atoms with Crippen LogP contribution < -0.4 is 9.47 Å². The average Bonchev–Trinajstić information content (AvgIpc) is 2.72. The summed E-state index contributed by atoms with van der Waals surface area (Å²) in [6.07, 6.45) is 3.05. The van der Waals surface area contributed by atoms with E-state index >= 15 is 0 Å². The van der Waals surface area contributed by atoms with Gasteiger partial charge in [0.15, 0.2) is 5.78 Å². The molecule has 140 valence electrons. The van der Waals surface area contributed by atoms with Crippen molar-refractivity contribution >= 4 is 17.8 Å². The summed E-state index contributed by atoms with van der Waals surface area (Å²) >= 11 is 0. The number of hydrogen-bond donors (Lipinski definition) is 0. The van der Waals surface area contributed by atoms with Crippen molar-refractivity contribution in [3.63, 3.8) is 0 Å². The first-order valence-corrected chi connectivity index (χ1v) is 8.50. The van der Waals surface area contributed by atoms with E-state index in [0.29, 0.717) is 16.9 Å². The van der Waals surface area contributed by atoms with Crippen molar-refractivity contribution in [2.45, 2.75) is 0 Å². The third-order valence-corrected chi connectivity index (χ3v) is 3.96. The van der Waals surface area contributed by atoms with Crippen LogP contribution in [0.2, 0.25) is 0 Å². The average molecular weight is 376 g/mol. The van der Waals surface area contributed by atoms with Gasteiger partial charge in [-0.05, 0) is 60.2 Å². The van der Waals surface area contributed by atoms with Gasteiger partial charge in [-0.2, -0.15) is 0 Å². The van der Waals surface area contributed by atoms with Crippen LogP contribution in [0.5, 0.6) is 11.5 Å². The highest BCUT2D eigenvalue weighted by Crippen LogP contribution is 2.18. The zero-order valence-corrected chi connectivity index (χ0v) is 15.1. The lowest BCUT2D eigenvalue weighted by Crippen LogP contribution is -2.10. The summed E-state index contributed by atoms with van der Waals surface area (Å²) in [5.41, 5.74) is 1.05. The molecule has 0 amide bonds. The molecule has 0 aliphatic heterocycles. The van der Waals surface area contributed by atoms with E-state index in [1.807, 2.05) is 0 Å². The second-order valence-electron chi connectivity index (χ2n) is 5.87. The SMILES string of the molecule is COc1ccc(C(=O)/C=C/c2cccc(OC(=O)c3ccccc3F)c2)cc1. The van der Waals surface area contributed by atoms with Crippen LogP contribution in [0.3, 0.4) is 0 Å². The molecule has 0 aliphatic carbocycles. The Morgan fingerprint density at radius 2 is 1.64 bits per heavy atom. The van der Waals surface area contributed by atoms with Crippen LogP contribution in [0, 0.1) is 5.82 Å². The maximum absolute atomic E-state index is 13.7. The molecular formula is C23H17FO4. The van der Waals surface area contributed by atoms with Crippen molar-refractivity contribution in [1.82, 2.24) is 0 Å². The van der Waals surface area contributed by atoms with Gasteiger partial charge in [0, 0.05) is 5.56 Å². The fourth-order valence-corrected chi connectivity index (χ4v) is 2.49. The molecule has 0 aliphatic rings. The lowest BCUT2D eigenvalue weighted by molar-refractivity contribution is 0.0729. The quantitative estimate of drug-likeness (QED) is 0.264. The molecule has 0 N–H and O–H groups in total. The van der Waals surface area contributed by atoms with E-state index in [2.05, 4.69) is 0 Å². The number of benzene rings is 3. The predicted octanol–water partition coefficient (Wildman–Crippen LogP) is 4.95. The number of hydrogen-bond acceptors (Lipinski definition) is 4. The van der Waals surface area contributed by atoms with Crippen LogP contribution in [0.15, 0.2) is 78.9 Å². The second-order valence-corrected chi connectivity index (χ2v) is 5.87. The normalized spacial score (nSPS) is 10.6. The molecule has 5 heteroatoms. The smallest absolute Gasteiger partial charge is 0.346 e. The van der Waals surface area contributed by atoms with E-state index in [1.165, 1.54) is 24.3 Å². The summed E-state index contributed by atoms with van der Waals surface area (Å²) in [4.78, 5) is 24.4. The fourth-order valence-electron chi connectivity index (χ4n) is 2.49. The van der Waals surface area contributed by atoms with Gasteiger partial charge in [0.2, 0.25) is 0 Å². The summed E-state index contributed by atoms with van der Waals surface area (Å²) in [6.45, 7) is 0.